The third-order valence-corrected chi connectivity index (χ3v) is 7.87. The molecular formula is C22H38N6O2S. The van der Waals surface area contributed by atoms with E-state index in [0.717, 1.165) is 88.6 Å². The molecule has 1 amide bonds. The third-order valence-electron chi connectivity index (χ3n) is 6.91. The molecule has 3 saturated heterocycles. The molecule has 0 saturated carbocycles. The number of hydrogen-bond acceptors (Lipinski definition) is 7. The Morgan fingerprint density at radius 2 is 1.90 bits per heavy atom. The lowest BCUT2D eigenvalue weighted by atomic mass is 10.00. The van der Waals surface area contributed by atoms with Crippen molar-refractivity contribution in [2.75, 3.05) is 50.0 Å². The van der Waals surface area contributed by atoms with Crippen LogP contribution in [0.4, 0.5) is 5.95 Å². The molecule has 1 aromatic rings. The van der Waals surface area contributed by atoms with Gasteiger partial charge in [-0.15, -0.1) is 10.2 Å². The Balaban J connectivity index is 1.36. The zero-order valence-corrected chi connectivity index (χ0v) is 19.9. The first-order chi connectivity index (χ1) is 15.1. The molecule has 9 heteroatoms. The summed E-state index contributed by atoms with van der Waals surface area (Å²) in [6.45, 7) is 11.4. The van der Waals surface area contributed by atoms with Crippen LogP contribution in [0.15, 0.2) is 5.16 Å². The maximum absolute atomic E-state index is 12.6. The van der Waals surface area contributed by atoms with Crippen LogP contribution >= 0.6 is 11.8 Å². The minimum absolute atomic E-state index is 0.0972. The number of nitrogens with zero attached hydrogens (tertiary/aromatic N) is 5. The second-order valence-electron chi connectivity index (χ2n) is 9.26. The van der Waals surface area contributed by atoms with Crippen LogP contribution in [0.1, 0.15) is 52.4 Å². The van der Waals surface area contributed by atoms with Gasteiger partial charge in [0.1, 0.15) is 0 Å². The zero-order valence-electron chi connectivity index (χ0n) is 19.1. The first-order valence-electron chi connectivity index (χ1n) is 12.1. The maximum Gasteiger partial charge on any atom is 0.230 e. The predicted octanol–water partition coefficient (Wildman–Crippen LogP) is 2.39. The molecule has 174 valence electrons. The molecule has 8 nitrogen and oxygen atoms in total. The van der Waals surface area contributed by atoms with Gasteiger partial charge in [-0.05, 0) is 51.0 Å². The summed E-state index contributed by atoms with van der Waals surface area (Å²) < 4.78 is 8.10. The van der Waals surface area contributed by atoms with Crippen molar-refractivity contribution in [3.05, 3.63) is 0 Å². The van der Waals surface area contributed by atoms with E-state index in [-0.39, 0.29) is 12.0 Å². The maximum atomic E-state index is 12.6. The molecule has 0 radical (unpaired) electrons. The van der Waals surface area contributed by atoms with Crippen molar-refractivity contribution >= 4 is 23.6 Å². The SMILES string of the molecule is CCN1CCC(NC(=O)CSc2nnc(N3CCC(C)CC3)n2CC2CCCO2)CC1. The number of piperidine rings is 2. The molecule has 1 unspecified atom stereocenters. The summed E-state index contributed by atoms with van der Waals surface area (Å²) in [5.41, 5.74) is 0. The number of rotatable bonds is 8. The molecule has 3 fully saturated rings. The van der Waals surface area contributed by atoms with Crippen LogP contribution < -0.4 is 10.2 Å². The van der Waals surface area contributed by atoms with Gasteiger partial charge in [0.05, 0.1) is 18.4 Å². The highest BCUT2D eigenvalue weighted by atomic mass is 32.2. The third kappa shape index (κ3) is 6.14. The smallest absolute Gasteiger partial charge is 0.230 e. The minimum atomic E-state index is 0.0972. The van der Waals surface area contributed by atoms with Gasteiger partial charge in [-0.1, -0.05) is 25.6 Å². The van der Waals surface area contributed by atoms with Crippen molar-refractivity contribution in [3.63, 3.8) is 0 Å². The van der Waals surface area contributed by atoms with Crippen molar-refractivity contribution in [1.29, 1.82) is 0 Å². The monoisotopic (exact) mass is 450 g/mol. The molecule has 0 bridgehead atoms. The van der Waals surface area contributed by atoms with Crippen LogP contribution in [0.25, 0.3) is 0 Å². The van der Waals surface area contributed by atoms with Gasteiger partial charge in [0.25, 0.3) is 0 Å². The summed E-state index contributed by atoms with van der Waals surface area (Å²) in [6, 6.07) is 0.298. The molecule has 0 spiro atoms. The van der Waals surface area contributed by atoms with Gasteiger partial charge in [0.2, 0.25) is 11.9 Å². The van der Waals surface area contributed by atoms with Gasteiger partial charge in [0.15, 0.2) is 5.16 Å². The molecule has 0 aromatic carbocycles. The van der Waals surface area contributed by atoms with E-state index in [0.29, 0.717) is 11.8 Å². The van der Waals surface area contributed by atoms with Gasteiger partial charge in [-0.25, -0.2) is 0 Å². The van der Waals surface area contributed by atoms with Gasteiger partial charge in [0, 0.05) is 38.8 Å². The van der Waals surface area contributed by atoms with Crippen molar-refractivity contribution < 1.29 is 9.53 Å². The zero-order chi connectivity index (χ0) is 21.6. The number of nitrogens with one attached hydrogen (secondary N) is 1. The van der Waals surface area contributed by atoms with E-state index >= 15 is 0 Å². The topological polar surface area (TPSA) is 75.5 Å². The quantitative estimate of drug-likeness (QED) is 0.610. The second kappa shape index (κ2) is 11.0. The minimum Gasteiger partial charge on any atom is -0.376 e. The molecule has 0 aliphatic carbocycles. The highest BCUT2D eigenvalue weighted by Crippen LogP contribution is 2.28. The van der Waals surface area contributed by atoms with Gasteiger partial charge in [-0.2, -0.15) is 0 Å². The Morgan fingerprint density at radius 1 is 1.13 bits per heavy atom. The number of likely N-dealkylation sites (tertiary alicyclic amines) is 1. The Labute approximate surface area is 190 Å². The van der Waals surface area contributed by atoms with E-state index in [1.165, 1.54) is 24.6 Å². The van der Waals surface area contributed by atoms with E-state index in [2.05, 4.69) is 43.7 Å². The summed E-state index contributed by atoms with van der Waals surface area (Å²) in [6.07, 6.45) is 6.87. The van der Waals surface area contributed by atoms with Crippen LogP contribution in [0.2, 0.25) is 0 Å². The van der Waals surface area contributed by atoms with Gasteiger partial charge < -0.3 is 19.9 Å². The van der Waals surface area contributed by atoms with Gasteiger partial charge in [-0.3, -0.25) is 9.36 Å². The average molecular weight is 451 g/mol. The number of thioether (sulfide) groups is 1. The lowest BCUT2D eigenvalue weighted by molar-refractivity contribution is -0.119. The number of carbonyl (C=O) groups is 1. The normalized spacial score (nSPS) is 24.1. The van der Waals surface area contributed by atoms with Crippen LogP contribution in [-0.4, -0.2) is 82.8 Å². The van der Waals surface area contributed by atoms with E-state index < -0.39 is 0 Å². The van der Waals surface area contributed by atoms with Crippen LogP contribution in [-0.2, 0) is 16.1 Å². The largest absolute Gasteiger partial charge is 0.376 e. The van der Waals surface area contributed by atoms with E-state index in [9.17, 15) is 4.79 Å². The number of anilines is 1. The molecular weight excluding hydrogens is 412 g/mol. The molecule has 4 rings (SSSR count). The van der Waals surface area contributed by atoms with Crippen LogP contribution in [0.5, 0.6) is 0 Å². The predicted molar refractivity (Wildman–Crippen MR) is 124 cm³/mol. The molecule has 1 N–H and O–H groups in total. The summed E-state index contributed by atoms with van der Waals surface area (Å²) >= 11 is 1.50. The fourth-order valence-electron chi connectivity index (χ4n) is 4.78. The molecule has 31 heavy (non-hydrogen) atoms. The molecule has 3 aliphatic rings. The fraction of sp³-hybridized carbons (Fsp3) is 0.864. The molecule has 1 aromatic heterocycles. The number of amides is 1. The number of carbonyl (C=O) groups excluding carboxylic acids is 1. The van der Waals surface area contributed by atoms with E-state index in [1.807, 2.05) is 0 Å². The summed E-state index contributed by atoms with van der Waals surface area (Å²) in [7, 11) is 0. The van der Waals surface area contributed by atoms with E-state index in [4.69, 9.17) is 4.74 Å². The Morgan fingerprint density at radius 3 is 2.58 bits per heavy atom. The van der Waals surface area contributed by atoms with Crippen molar-refractivity contribution in [3.8, 4) is 0 Å². The first-order valence-corrected chi connectivity index (χ1v) is 13.0. The van der Waals surface area contributed by atoms with E-state index in [1.54, 1.807) is 0 Å². The molecule has 1 atom stereocenters. The van der Waals surface area contributed by atoms with Crippen LogP contribution in [0.3, 0.4) is 0 Å². The highest BCUT2D eigenvalue weighted by molar-refractivity contribution is 7.99. The first kappa shape index (κ1) is 22.9. The lowest BCUT2D eigenvalue weighted by Gasteiger charge is -2.31. The Hall–Kier alpha value is -1.32. The van der Waals surface area contributed by atoms with Gasteiger partial charge >= 0.3 is 0 Å². The summed E-state index contributed by atoms with van der Waals surface area (Å²) in [5, 5.41) is 13.1. The summed E-state index contributed by atoms with van der Waals surface area (Å²) in [5.74, 6) is 2.19. The molecule has 3 aliphatic heterocycles. The lowest BCUT2D eigenvalue weighted by Crippen LogP contribution is -2.45. The second-order valence-corrected chi connectivity index (χ2v) is 10.2. The number of ether oxygens (including phenoxy) is 1. The standard InChI is InChI=1S/C22H38N6O2S/c1-3-26-10-8-18(9-11-26)23-20(29)16-31-22-25-24-21(27-12-6-17(2)7-13-27)28(22)15-19-5-4-14-30-19/h17-19H,3-16H2,1-2H3,(H,23,29). The van der Waals surface area contributed by atoms with Crippen LogP contribution in [0, 0.1) is 5.92 Å². The van der Waals surface area contributed by atoms with Crippen molar-refractivity contribution in [2.24, 2.45) is 5.92 Å². The van der Waals surface area contributed by atoms with Crippen molar-refractivity contribution in [2.45, 2.75) is 76.2 Å². The number of hydrogen-bond donors (Lipinski definition) is 1. The Bertz CT molecular complexity index is 707. The summed E-state index contributed by atoms with van der Waals surface area (Å²) in [4.78, 5) is 17.4. The van der Waals surface area contributed by atoms with Crippen molar-refractivity contribution in [1.82, 2.24) is 25.0 Å². The molecule has 4 heterocycles. The highest BCUT2D eigenvalue weighted by Gasteiger charge is 2.26. The average Bonchev–Trinajstić information content (AvgIpc) is 3.44. The fourth-order valence-corrected chi connectivity index (χ4v) is 5.53. The number of aromatic nitrogens is 3. The Kier molecular flexibility index (Phi) is 8.12.